The maximum atomic E-state index is 12.4. The average Bonchev–Trinajstić information content (AvgIpc) is 2.49. The maximum Gasteiger partial charge on any atom is 0.240 e. The van der Waals surface area contributed by atoms with E-state index in [1.165, 1.54) is 0 Å². The van der Waals surface area contributed by atoms with Gasteiger partial charge in [-0.25, -0.2) is 13.1 Å². The summed E-state index contributed by atoms with van der Waals surface area (Å²) in [6, 6.07) is 6.24. The number of benzene rings is 1. The first kappa shape index (κ1) is 15.9. The summed E-state index contributed by atoms with van der Waals surface area (Å²) in [5.74, 6) is -0.0404. The van der Waals surface area contributed by atoms with E-state index in [0.717, 1.165) is 12.0 Å². The van der Waals surface area contributed by atoms with E-state index >= 15 is 0 Å². The monoisotopic (exact) mass is 311 g/mol. The van der Waals surface area contributed by atoms with Crippen LogP contribution >= 0.6 is 0 Å². The molecule has 2 atom stereocenters. The van der Waals surface area contributed by atoms with E-state index in [-0.39, 0.29) is 22.9 Å². The minimum absolute atomic E-state index is 0.0404. The molecular weight excluding hydrogens is 290 g/mol. The van der Waals surface area contributed by atoms with Crippen molar-refractivity contribution in [1.82, 2.24) is 10.0 Å². The Hall–Kier alpha value is -1.44. The number of sulfonamides is 1. The van der Waals surface area contributed by atoms with Gasteiger partial charge in [-0.3, -0.25) is 4.79 Å². The Labute approximate surface area is 125 Å². The summed E-state index contributed by atoms with van der Waals surface area (Å²) >= 11 is 0. The molecule has 1 heterocycles. The summed E-state index contributed by atoms with van der Waals surface area (Å²) in [4.78, 5) is 11.3. The minimum atomic E-state index is -3.60. The zero-order chi connectivity index (χ0) is 15.5. The number of piperidine rings is 1. The van der Waals surface area contributed by atoms with Crippen molar-refractivity contribution in [2.75, 3.05) is 6.54 Å². The second-order valence-electron chi connectivity index (χ2n) is 5.25. The first-order valence-corrected chi connectivity index (χ1v) is 8.55. The lowest BCUT2D eigenvalue weighted by Gasteiger charge is -2.23. The molecule has 1 aromatic rings. The van der Waals surface area contributed by atoms with Gasteiger partial charge in [0.25, 0.3) is 0 Å². The molecular formula is C14H21N3O3S. The number of nitrogens with two attached hydrogens (primary N) is 1. The molecule has 21 heavy (non-hydrogen) atoms. The molecule has 7 heteroatoms. The van der Waals surface area contributed by atoms with Gasteiger partial charge in [-0.1, -0.05) is 19.1 Å². The third kappa shape index (κ3) is 4.03. The Balaban J connectivity index is 2.14. The molecule has 1 saturated heterocycles. The van der Waals surface area contributed by atoms with Crippen LogP contribution < -0.4 is 15.8 Å². The van der Waals surface area contributed by atoms with Gasteiger partial charge in [-0.15, -0.1) is 0 Å². The van der Waals surface area contributed by atoms with Crippen molar-refractivity contribution >= 4 is 15.9 Å². The van der Waals surface area contributed by atoms with E-state index in [2.05, 4.69) is 10.0 Å². The highest BCUT2D eigenvalue weighted by Gasteiger charge is 2.24. The summed E-state index contributed by atoms with van der Waals surface area (Å²) in [7, 11) is -3.60. The summed E-state index contributed by atoms with van der Waals surface area (Å²) in [6.07, 6.45) is 1.60. The van der Waals surface area contributed by atoms with Gasteiger partial charge in [0.2, 0.25) is 15.9 Å². The largest absolute Gasteiger partial charge is 0.355 e. The number of amides is 1. The number of hydrogen-bond donors (Lipinski definition) is 3. The Morgan fingerprint density at radius 1 is 1.48 bits per heavy atom. The topological polar surface area (TPSA) is 101 Å². The predicted molar refractivity (Wildman–Crippen MR) is 80.0 cm³/mol. The molecule has 116 valence electrons. The molecule has 1 aliphatic heterocycles. The summed E-state index contributed by atoms with van der Waals surface area (Å²) in [5.41, 5.74) is 6.75. The van der Waals surface area contributed by atoms with Gasteiger partial charge in [0.1, 0.15) is 0 Å². The van der Waals surface area contributed by atoms with Crippen LogP contribution in [0.25, 0.3) is 0 Å². The van der Waals surface area contributed by atoms with Gasteiger partial charge in [-0.2, -0.15) is 0 Å². The highest BCUT2D eigenvalue weighted by molar-refractivity contribution is 7.89. The van der Waals surface area contributed by atoms with Gasteiger partial charge >= 0.3 is 0 Å². The number of carbonyl (C=O) groups excluding carboxylic acids is 1. The maximum absolute atomic E-state index is 12.4. The third-order valence-electron chi connectivity index (χ3n) is 3.62. The molecule has 0 saturated carbocycles. The SMILES string of the molecule is CCC(N)c1cccc(S(=O)(=O)NC2CCC(=O)NC2)c1. The van der Waals surface area contributed by atoms with Crippen molar-refractivity contribution in [1.29, 1.82) is 0 Å². The summed E-state index contributed by atoms with van der Waals surface area (Å²) in [6.45, 7) is 2.28. The van der Waals surface area contributed by atoms with Gasteiger partial charge in [0, 0.05) is 25.0 Å². The first-order chi connectivity index (χ1) is 9.92. The van der Waals surface area contributed by atoms with Crippen LogP contribution in [-0.2, 0) is 14.8 Å². The number of rotatable bonds is 5. The fourth-order valence-electron chi connectivity index (χ4n) is 2.27. The average molecular weight is 311 g/mol. The van der Waals surface area contributed by atoms with Gasteiger partial charge in [0.05, 0.1) is 4.90 Å². The van der Waals surface area contributed by atoms with Crippen LogP contribution in [-0.4, -0.2) is 26.9 Å². The zero-order valence-corrected chi connectivity index (χ0v) is 12.8. The Bertz CT molecular complexity index is 606. The van der Waals surface area contributed by atoms with Crippen molar-refractivity contribution in [2.45, 2.75) is 43.2 Å². The lowest BCUT2D eigenvalue weighted by Crippen LogP contribution is -2.47. The summed E-state index contributed by atoms with van der Waals surface area (Å²) in [5, 5.41) is 2.66. The predicted octanol–water partition coefficient (Wildman–Crippen LogP) is 0.653. The molecule has 0 aromatic heterocycles. The fourth-order valence-corrected chi connectivity index (χ4v) is 3.59. The molecule has 0 aliphatic carbocycles. The Kier molecular flexibility index (Phi) is 4.97. The number of hydrogen-bond acceptors (Lipinski definition) is 4. The van der Waals surface area contributed by atoms with E-state index in [4.69, 9.17) is 5.73 Å². The first-order valence-electron chi connectivity index (χ1n) is 7.07. The lowest BCUT2D eigenvalue weighted by molar-refractivity contribution is -0.122. The van der Waals surface area contributed by atoms with Crippen LogP contribution in [0.15, 0.2) is 29.2 Å². The van der Waals surface area contributed by atoms with Crippen LogP contribution in [0, 0.1) is 0 Å². The lowest BCUT2D eigenvalue weighted by atomic mass is 10.1. The zero-order valence-electron chi connectivity index (χ0n) is 12.0. The van der Waals surface area contributed by atoms with Gasteiger partial charge < -0.3 is 11.1 Å². The minimum Gasteiger partial charge on any atom is -0.355 e. The van der Waals surface area contributed by atoms with Crippen molar-refractivity contribution in [2.24, 2.45) is 5.73 Å². The number of nitrogens with one attached hydrogen (secondary N) is 2. The third-order valence-corrected chi connectivity index (χ3v) is 5.14. The van der Waals surface area contributed by atoms with Gasteiger partial charge in [-0.05, 0) is 30.5 Å². The molecule has 0 radical (unpaired) electrons. The molecule has 0 spiro atoms. The molecule has 1 fully saturated rings. The van der Waals surface area contributed by atoms with E-state index in [1.807, 2.05) is 13.0 Å². The van der Waals surface area contributed by atoms with Gasteiger partial charge in [0.15, 0.2) is 0 Å². The van der Waals surface area contributed by atoms with Crippen molar-refractivity contribution in [3.63, 3.8) is 0 Å². The molecule has 2 rings (SSSR count). The van der Waals surface area contributed by atoms with E-state index < -0.39 is 10.0 Å². The van der Waals surface area contributed by atoms with Crippen LogP contribution in [0.2, 0.25) is 0 Å². The smallest absolute Gasteiger partial charge is 0.240 e. The second kappa shape index (κ2) is 6.55. The molecule has 2 unspecified atom stereocenters. The summed E-state index contributed by atoms with van der Waals surface area (Å²) < 4.78 is 27.4. The second-order valence-corrected chi connectivity index (χ2v) is 6.96. The fraction of sp³-hybridized carbons (Fsp3) is 0.500. The van der Waals surface area contributed by atoms with E-state index in [1.54, 1.807) is 18.2 Å². The normalized spacial score (nSPS) is 20.9. The molecule has 4 N–H and O–H groups in total. The van der Waals surface area contributed by atoms with E-state index in [9.17, 15) is 13.2 Å². The van der Waals surface area contributed by atoms with Crippen molar-refractivity contribution in [3.8, 4) is 0 Å². The highest BCUT2D eigenvalue weighted by atomic mass is 32.2. The Morgan fingerprint density at radius 3 is 2.86 bits per heavy atom. The van der Waals surface area contributed by atoms with Crippen LogP contribution in [0.5, 0.6) is 0 Å². The van der Waals surface area contributed by atoms with E-state index in [0.29, 0.717) is 19.4 Å². The number of carbonyl (C=O) groups is 1. The standard InChI is InChI=1S/C14H21N3O3S/c1-2-13(15)10-4-3-5-12(8-10)21(19,20)17-11-6-7-14(18)16-9-11/h3-5,8,11,13,17H,2,6-7,9,15H2,1H3,(H,16,18). The van der Waals surface area contributed by atoms with Crippen LogP contribution in [0.1, 0.15) is 37.8 Å². The van der Waals surface area contributed by atoms with Crippen molar-refractivity contribution < 1.29 is 13.2 Å². The Morgan fingerprint density at radius 2 is 2.24 bits per heavy atom. The quantitative estimate of drug-likeness (QED) is 0.743. The molecule has 6 nitrogen and oxygen atoms in total. The molecule has 1 aromatic carbocycles. The van der Waals surface area contributed by atoms with Crippen molar-refractivity contribution in [3.05, 3.63) is 29.8 Å². The molecule has 1 amide bonds. The molecule has 0 bridgehead atoms. The van der Waals surface area contributed by atoms with Crippen LogP contribution in [0.3, 0.4) is 0 Å². The van der Waals surface area contributed by atoms with Crippen LogP contribution in [0.4, 0.5) is 0 Å². The highest BCUT2D eigenvalue weighted by Crippen LogP contribution is 2.19. The molecule has 1 aliphatic rings.